The lowest BCUT2D eigenvalue weighted by molar-refractivity contribution is -0.0414. The number of morpholine rings is 1. The first-order valence-electron chi connectivity index (χ1n) is 14.4. The number of aromatic nitrogens is 3. The van der Waals surface area contributed by atoms with Crippen molar-refractivity contribution in [3.8, 4) is 17.0 Å². The molecule has 0 amide bonds. The Morgan fingerprint density at radius 2 is 1.98 bits per heavy atom. The molecule has 1 fully saturated rings. The van der Waals surface area contributed by atoms with E-state index in [0.717, 1.165) is 41.0 Å². The quantitative estimate of drug-likeness (QED) is 0.171. The third-order valence-electron chi connectivity index (χ3n) is 7.33. The molecule has 0 spiro atoms. The highest BCUT2D eigenvalue weighted by atomic mass is 35.5. The summed E-state index contributed by atoms with van der Waals surface area (Å²) in [5.74, 6) is 0.104. The Balaban J connectivity index is 1.43. The van der Waals surface area contributed by atoms with E-state index in [-0.39, 0.29) is 35.3 Å². The van der Waals surface area contributed by atoms with Crippen LogP contribution in [0.3, 0.4) is 0 Å². The molecule has 2 aromatic carbocycles. The fourth-order valence-corrected chi connectivity index (χ4v) is 6.28. The molecule has 230 valence electrons. The number of aliphatic hydroxyl groups is 1. The predicted molar refractivity (Wildman–Crippen MR) is 168 cm³/mol. The molecule has 0 radical (unpaired) electrons. The molecule has 4 aromatic rings. The maximum Gasteiger partial charge on any atom is 0.238 e. The first kappa shape index (κ1) is 31.0. The number of anilines is 3. The van der Waals surface area contributed by atoms with Gasteiger partial charge in [0.05, 0.1) is 52.8 Å². The summed E-state index contributed by atoms with van der Waals surface area (Å²) in [6.45, 7) is 4.00. The van der Waals surface area contributed by atoms with Gasteiger partial charge in [-0.15, -0.1) is 0 Å². The van der Waals surface area contributed by atoms with Gasteiger partial charge < -0.3 is 29.9 Å². The minimum Gasteiger partial charge on any atom is -0.508 e. The van der Waals surface area contributed by atoms with E-state index in [1.165, 1.54) is 24.5 Å². The van der Waals surface area contributed by atoms with Crippen LogP contribution in [0.5, 0.6) is 5.75 Å². The molecule has 2 aromatic heterocycles. The lowest BCUT2D eigenvalue weighted by Gasteiger charge is -2.38. The molecular formula is C30H36ClN5O6S. The van der Waals surface area contributed by atoms with Crippen LogP contribution >= 0.6 is 11.6 Å². The summed E-state index contributed by atoms with van der Waals surface area (Å²) in [5.41, 5.74) is 2.84. The molecule has 1 saturated heterocycles. The average Bonchev–Trinajstić information content (AvgIpc) is 3.39. The molecule has 1 unspecified atom stereocenters. The van der Waals surface area contributed by atoms with Gasteiger partial charge in [-0.05, 0) is 44.0 Å². The molecule has 1 aliphatic heterocycles. The maximum absolute atomic E-state index is 12.9. The number of aromatic hydroxyl groups is 1. The van der Waals surface area contributed by atoms with Crippen LogP contribution in [0.25, 0.3) is 22.2 Å². The van der Waals surface area contributed by atoms with E-state index in [0.29, 0.717) is 48.5 Å². The van der Waals surface area contributed by atoms with Crippen molar-refractivity contribution in [3.05, 3.63) is 59.9 Å². The minimum atomic E-state index is -3.67. The van der Waals surface area contributed by atoms with E-state index >= 15 is 0 Å². The number of para-hydroxylation sites is 2. The van der Waals surface area contributed by atoms with E-state index in [9.17, 15) is 13.5 Å². The number of hydrogen-bond donors (Lipinski definition) is 3. The van der Waals surface area contributed by atoms with Crippen LogP contribution in [-0.4, -0.2) is 77.5 Å². The van der Waals surface area contributed by atoms with Crippen molar-refractivity contribution >= 4 is 49.9 Å². The van der Waals surface area contributed by atoms with Gasteiger partial charge in [0.1, 0.15) is 5.75 Å². The summed E-state index contributed by atoms with van der Waals surface area (Å²) in [6.07, 6.45) is 6.36. The maximum atomic E-state index is 12.9. The largest absolute Gasteiger partial charge is 0.508 e. The van der Waals surface area contributed by atoms with Crippen molar-refractivity contribution in [2.75, 3.05) is 48.9 Å². The number of hydrogen-bond acceptors (Lipinski definition) is 10. The molecule has 5 rings (SSSR count). The van der Waals surface area contributed by atoms with Gasteiger partial charge in [-0.2, -0.15) is 0 Å². The molecule has 3 N–H and O–H groups in total. The minimum absolute atomic E-state index is 0.0513. The van der Waals surface area contributed by atoms with Gasteiger partial charge in [-0.25, -0.2) is 22.4 Å². The average molecular weight is 630 g/mol. The van der Waals surface area contributed by atoms with E-state index in [2.05, 4.69) is 15.2 Å². The molecule has 0 bridgehead atoms. The number of phenols is 1. The number of nitrogens with zero attached hydrogens (tertiary/aromatic N) is 4. The molecule has 1 atom stereocenters. The first-order valence-corrected chi connectivity index (χ1v) is 16.3. The Morgan fingerprint density at radius 3 is 2.79 bits per heavy atom. The zero-order valence-corrected chi connectivity index (χ0v) is 25.5. The number of aliphatic hydroxyl groups excluding tert-OH is 1. The summed E-state index contributed by atoms with van der Waals surface area (Å²) in [6, 6.07) is 12.3. The number of benzene rings is 2. The lowest BCUT2D eigenvalue weighted by atomic mass is 10.1. The van der Waals surface area contributed by atoms with Crippen LogP contribution in [0.15, 0.2) is 54.9 Å². The van der Waals surface area contributed by atoms with Gasteiger partial charge in [-0.1, -0.05) is 36.6 Å². The van der Waals surface area contributed by atoms with Crippen LogP contribution in [0, 0.1) is 0 Å². The fraction of sp³-hybridized carbons (Fsp3) is 0.400. The van der Waals surface area contributed by atoms with Crippen LogP contribution in [0.1, 0.15) is 32.6 Å². The molecule has 13 heteroatoms. The van der Waals surface area contributed by atoms with E-state index in [4.69, 9.17) is 31.2 Å². The topological polar surface area (TPSA) is 139 Å². The highest BCUT2D eigenvalue weighted by molar-refractivity contribution is 7.90. The number of unbranched alkanes of at least 4 members (excludes halogenated alkanes) is 3. The van der Waals surface area contributed by atoms with E-state index in [1.807, 2.05) is 24.3 Å². The van der Waals surface area contributed by atoms with Crippen molar-refractivity contribution in [3.63, 3.8) is 0 Å². The molecule has 43 heavy (non-hydrogen) atoms. The van der Waals surface area contributed by atoms with Gasteiger partial charge in [0.15, 0.2) is 6.23 Å². The zero-order valence-electron chi connectivity index (χ0n) is 23.9. The summed E-state index contributed by atoms with van der Waals surface area (Å²) in [7, 11) is -3.67. The van der Waals surface area contributed by atoms with Crippen molar-refractivity contribution in [2.45, 2.75) is 38.8 Å². The highest BCUT2D eigenvalue weighted by Gasteiger charge is 2.26. The Hall–Kier alpha value is -3.42. The van der Waals surface area contributed by atoms with Gasteiger partial charge in [-0.3, -0.25) is 0 Å². The smallest absolute Gasteiger partial charge is 0.238 e. The normalized spacial score (nSPS) is 15.7. The molecular weight excluding hydrogens is 594 g/mol. The second kappa shape index (κ2) is 13.9. The SMILES string of the molecule is CCS(=O)(=O)n1cc(-c2nc(Nc3ccccc3N3CCOCC3OCCCCCCO)ncc2Cl)c2ccc(O)cc21. The van der Waals surface area contributed by atoms with Crippen LogP contribution in [0.2, 0.25) is 5.02 Å². The third-order valence-corrected chi connectivity index (χ3v) is 9.23. The molecule has 3 heterocycles. The van der Waals surface area contributed by atoms with Crippen molar-refractivity contribution in [1.29, 1.82) is 0 Å². The summed E-state index contributed by atoms with van der Waals surface area (Å²) >= 11 is 6.57. The molecule has 1 aliphatic rings. The zero-order chi connectivity index (χ0) is 30.4. The Labute approximate surface area is 256 Å². The van der Waals surface area contributed by atoms with Crippen LogP contribution in [0.4, 0.5) is 17.3 Å². The monoisotopic (exact) mass is 629 g/mol. The van der Waals surface area contributed by atoms with Crippen molar-refractivity contribution in [1.82, 2.24) is 13.9 Å². The standard InChI is InChI=1S/C30H36ClN5O6S/c1-2-43(39,40)36-19-23(22-12-11-21(38)17-27(22)36)29-24(31)18-32-30(34-29)33-25-9-5-6-10-26(25)35-13-16-41-20-28(35)42-15-8-4-3-7-14-37/h5-6,9-12,17-19,28,37-38H,2-4,7-8,13-16,20H2,1H3,(H,32,33,34). The molecule has 11 nitrogen and oxygen atoms in total. The fourth-order valence-electron chi connectivity index (χ4n) is 5.09. The summed E-state index contributed by atoms with van der Waals surface area (Å²) in [4.78, 5) is 11.3. The third kappa shape index (κ3) is 7.05. The molecule has 0 saturated carbocycles. The lowest BCUT2D eigenvalue weighted by Crippen LogP contribution is -2.47. The number of nitrogens with one attached hydrogen (secondary N) is 1. The van der Waals surface area contributed by atoms with Crippen LogP contribution in [-0.2, 0) is 19.5 Å². The van der Waals surface area contributed by atoms with E-state index < -0.39 is 10.0 Å². The van der Waals surface area contributed by atoms with Crippen molar-refractivity contribution in [2.24, 2.45) is 0 Å². The Bertz CT molecular complexity index is 1660. The number of phenolic OH excluding ortho intramolecular Hbond substituents is 1. The number of halogens is 1. The van der Waals surface area contributed by atoms with E-state index in [1.54, 1.807) is 13.0 Å². The van der Waals surface area contributed by atoms with Gasteiger partial charge in [0.25, 0.3) is 0 Å². The van der Waals surface area contributed by atoms with Gasteiger partial charge in [0, 0.05) is 43.0 Å². The predicted octanol–water partition coefficient (Wildman–Crippen LogP) is 5.13. The molecule has 0 aliphatic carbocycles. The van der Waals surface area contributed by atoms with Gasteiger partial charge >= 0.3 is 0 Å². The first-order chi connectivity index (χ1) is 20.8. The number of fused-ring (bicyclic) bond motifs is 1. The number of ether oxygens (including phenoxy) is 2. The van der Waals surface area contributed by atoms with Crippen LogP contribution < -0.4 is 10.2 Å². The Morgan fingerprint density at radius 1 is 1.16 bits per heavy atom. The van der Waals surface area contributed by atoms with Crippen molar-refractivity contribution < 1.29 is 28.1 Å². The number of rotatable bonds is 13. The summed E-state index contributed by atoms with van der Waals surface area (Å²) < 4.78 is 38.8. The highest BCUT2D eigenvalue weighted by Crippen LogP contribution is 2.37. The summed E-state index contributed by atoms with van der Waals surface area (Å²) in [5, 5.41) is 23.2. The second-order valence-corrected chi connectivity index (χ2v) is 12.7. The second-order valence-electron chi connectivity index (χ2n) is 10.2. The Kier molecular flexibility index (Phi) is 10.0. The van der Waals surface area contributed by atoms with Gasteiger partial charge in [0.2, 0.25) is 16.0 Å².